The Morgan fingerprint density at radius 1 is 1.17 bits per heavy atom. The van der Waals surface area contributed by atoms with Crippen LogP contribution < -0.4 is 15.8 Å². The second kappa shape index (κ2) is 7.31. The molecule has 3 rings (SSSR count). The number of aromatic nitrogens is 1. The third-order valence-electron chi connectivity index (χ3n) is 4.13. The van der Waals surface area contributed by atoms with Crippen molar-refractivity contribution in [2.45, 2.75) is 6.54 Å². The molecule has 1 N–H and O–H groups in total. The van der Waals surface area contributed by atoms with Crippen LogP contribution in [0.4, 0.5) is 5.69 Å². The number of nitrogens with one attached hydrogen (secondary N) is 1. The molecule has 0 aliphatic carbocycles. The lowest BCUT2D eigenvalue weighted by atomic mass is 10.1. The van der Waals surface area contributed by atoms with Crippen molar-refractivity contribution >= 4 is 11.6 Å². The highest BCUT2D eigenvalue weighted by atomic mass is 16.5. The maximum atomic E-state index is 12.1. The van der Waals surface area contributed by atoms with E-state index in [1.54, 1.807) is 19.3 Å². The largest absolute Gasteiger partial charge is 0.378 e. The van der Waals surface area contributed by atoms with Crippen LogP contribution >= 0.6 is 0 Å². The van der Waals surface area contributed by atoms with Gasteiger partial charge in [0, 0.05) is 50.2 Å². The lowest BCUT2D eigenvalue weighted by molar-refractivity contribution is 0.0950. The molecular weight excluding hydrogens is 306 g/mol. The lowest BCUT2D eigenvalue weighted by Gasteiger charge is -2.28. The van der Waals surface area contributed by atoms with Crippen LogP contribution in [0.2, 0.25) is 0 Å². The Morgan fingerprint density at radius 3 is 2.54 bits per heavy atom. The molecule has 0 radical (unpaired) electrons. The van der Waals surface area contributed by atoms with Crippen LogP contribution in [0, 0.1) is 0 Å². The number of aryl methyl sites for hydroxylation is 1. The zero-order chi connectivity index (χ0) is 16.9. The van der Waals surface area contributed by atoms with E-state index in [1.807, 2.05) is 12.1 Å². The van der Waals surface area contributed by atoms with Crippen LogP contribution in [0.25, 0.3) is 0 Å². The first-order valence-corrected chi connectivity index (χ1v) is 8.00. The molecule has 1 aliphatic heterocycles. The van der Waals surface area contributed by atoms with Crippen LogP contribution in [0.3, 0.4) is 0 Å². The smallest absolute Gasteiger partial charge is 0.251 e. The first-order valence-electron chi connectivity index (χ1n) is 8.00. The molecule has 1 amide bonds. The predicted octanol–water partition coefficient (Wildman–Crippen LogP) is 1.15. The molecule has 2 aromatic rings. The number of amides is 1. The molecule has 1 saturated heterocycles. The van der Waals surface area contributed by atoms with E-state index >= 15 is 0 Å². The first-order chi connectivity index (χ1) is 11.6. The van der Waals surface area contributed by atoms with Crippen molar-refractivity contribution in [1.82, 2.24) is 9.88 Å². The van der Waals surface area contributed by atoms with Gasteiger partial charge in [-0.3, -0.25) is 9.59 Å². The van der Waals surface area contributed by atoms with Gasteiger partial charge in [0.25, 0.3) is 11.5 Å². The standard InChI is InChI=1S/C18H21N3O3/c1-20-7-6-15(12-17(20)22)18(23)19-13-14-2-4-16(5-3-14)21-8-10-24-11-9-21/h2-7,12H,8-11,13H2,1H3,(H,19,23). The van der Waals surface area contributed by atoms with Gasteiger partial charge in [0.15, 0.2) is 0 Å². The second-order valence-corrected chi connectivity index (χ2v) is 5.81. The van der Waals surface area contributed by atoms with Gasteiger partial charge < -0.3 is 19.5 Å². The Morgan fingerprint density at radius 2 is 1.88 bits per heavy atom. The summed E-state index contributed by atoms with van der Waals surface area (Å²) in [6.07, 6.45) is 1.59. The molecular formula is C18H21N3O3. The molecule has 1 aliphatic rings. The summed E-state index contributed by atoms with van der Waals surface area (Å²) in [5.74, 6) is -0.245. The van der Waals surface area contributed by atoms with Crippen molar-refractivity contribution in [3.63, 3.8) is 0 Å². The normalized spacial score (nSPS) is 14.5. The first kappa shape index (κ1) is 16.3. The van der Waals surface area contributed by atoms with Gasteiger partial charge >= 0.3 is 0 Å². The number of benzene rings is 1. The summed E-state index contributed by atoms with van der Waals surface area (Å²) < 4.78 is 6.79. The third-order valence-corrected chi connectivity index (χ3v) is 4.13. The molecule has 0 bridgehead atoms. The summed E-state index contributed by atoms with van der Waals surface area (Å²) in [7, 11) is 1.65. The minimum absolute atomic E-state index is 0.197. The zero-order valence-electron chi connectivity index (χ0n) is 13.7. The fraction of sp³-hybridized carbons (Fsp3) is 0.333. The number of ether oxygens (including phenoxy) is 1. The number of anilines is 1. The van der Waals surface area contributed by atoms with Gasteiger partial charge in [-0.25, -0.2) is 0 Å². The van der Waals surface area contributed by atoms with Gasteiger partial charge in [-0.1, -0.05) is 12.1 Å². The van der Waals surface area contributed by atoms with Gasteiger partial charge in [0.2, 0.25) is 0 Å². The van der Waals surface area contributed by atoms with E-state index in [2.05, 4.69) is 22.3 Å². The van der Waals surface area contributed by atoms with Crippen molar-refractivity contribution < 1.29 is 9.53 Å². The fourth-order valence-corrected chi connectivity index (χ4v) is 2.62. The van der Waals surface area contributed by atoms with Crippen molar-refractivity contribution in [2.75, 3.05) is 31.2 Å². The maximum Gasteiger partial charge on any atom is 0.251 e. The molecule has 0 unspecified atom stereocenters. The zero-order valence-corrected chi connectivity index (χ0v) is 13.7. The van der Waals surface area contributed by atoms with E-state index in [1.165, 1.54) is 16.3 Å². The predicted molar refractivity (Wildman–Crippen MR) is 92.3 cm³/mol. The van der Waals surface area contributed by atoms with Gasteiger partial charge in [-0.2, -0.15) is 0 Å². The van der Waals surface area contributed by atoms with Crippen molar-refractivity contribution in [3.8, 4) is 0 Å². The summed E-state index contributed by atoms with van der Waals surface area (Å²) in [5, 5.41) is 2.84. The van der Waals surface area contributed by atoms with Crippen molar-refractivity contribution in [1.29, 1.82) is 0 Å². The molecule has 0 spiro atoms. The molecule has 1 fully saturated rings. The number of morpholine rings is 1. The number of pyridine rings is 1. The Kier molecular flexibility index (Phi) is 4.96. The number of carbonyl (C=O) groups excluding carboxylic acids is 1. The molecule has 6 nitrogen and oxygen atoms in total. The second-order valence-electron chi connectivity index (χ2n) is 5.81. The average molecular weight is 327 g/mol. The Hall–Kier alpha value is -2.60. The van der Waals surface area contributed by atoms with E-state index in [-0.39, 0.29) is 11.5 Å². The van der Waals surface area contributed by atoms with Crippen LogP contribution in [-0.2, 0) is 18.3 Å². The highest BCUT2D eigenvalue weighted by molar-refractivity contribution is 5.93. The van der Waals surface area contributed by atoms with E-state index < -0.39 is 0 Å². The SMILES string of the molecule is Cn1ccc(C(=O)NCc2ccc(N3CCOCC3)cc2)cc1=O. The van der Waals surface area contributed by atoms with Crippen LogP contribution in [-0.4, -0.2) is 36.8 Å². The van der Waals surface area contributed by atoms with E-state index in [0.29, 0.717) is 12.1 Å². The lowest BCUT2D eigenvalue weighted by Crippen LogP contribution is -2.36. The molecule has 1 aromatic carbocycles. The number of hydrogen-bond donors (Lipinski definition) is 1. The van der Waals surface area contributed by atoms with Crippen LogP contribution in [0.1, 0.15) is 15.9 Å². The van der Waals surface area contributed by atoms with Crippen LogP contribution in [0.15, 0.2) is 47.4 Å². The molecule has 0 atom stereocenters. The molecule has 126 valence electrons. The van der Waals surface area contributed by atoms with E-state index in [0.717, 1.165) is 31.9 Å². The summed E-state index contributed by atoms with van der Waals surface area (Å²) in [5.41, 5.74) is 2.37. The summed E-state index contributed by atoms with van der Waals surface area (Å²) in [6, 6.07) is 11.1. The molecule has 0 saturated carbocycles. The summed E-state index contributed by atoms with van der Waals surface area (Å²) in [4.78, 5) is 26.0. The fourth-order valence-electron chi connectivity index (χ4n) is 2.62. The number of carbonyl (C=O) groups is 1. The summed E-state index contributed by atoms with van der Waals surface area (Å²) in [6.45, 7) is 3.75. The van der Waals surface area contributed by atoms with Crippen molar-refractivity contribution in [3.05, 3.63) is 64.1 Å². The minimum atomic E-state index is -0.245. The Labute approximate surface area is 140 Å². The Bertz CT molecular complexity index is 762. The van der Waals surface area contributed by atoms with Crippen LogP contribution in [0.5, 0.6) is 0 Å². The highest BCUT2D eigenvalue weighted by Crippen LogP contribution is 2.16. The molecule has 6 heteroatoms. The maximum absolute atomic E-state index is 12.1. The molecule has 24 heavy (non-hydrogen) atoms. The minimum Gasteiger partial charge on any atom is -0.378 e. The van der Waals surface area contributed by atoms with Gasteiger partial charge in [-0.15, -0.1) is 0 Å². The van der Waals surface area contributed by atoms with E-state index in [4.69, 9.17) is 4.74 Å². The molecule has 2 heterocycles. The van der Waals surface area contributed by atoms with Gasteiger partial charge in [0.05, 0.1) is 13.2 Å². The topological polar surface area (TPSA) is 63.6 Å². The highest BCUT2D eigenvalue weighted by Gasteiger charge is 2.11. The number of rotatable bonds is 4. The number of hydrogen-bond acceptors (Lipinski definition) is 4. The summed E-state index contributed by atoms with van der Waals surface area (Å²) >= 11 is 0. The quantitative estimate of drug-likeness (QED) is 0.915. The van der Waals surface area contributed by atoms with Gasteiger partial charge in [0.1, 0.15) is 0 Å². The number of nitrogens with zero attached hydrogens (tertiary/aromatic N) is 2. The van der Waals surface area contributed by atoms with Crippen molar-refractivity contribution in [2.24, 2.45) is 7.05 Å². The average Bonchev–Trinajstić information content (AvgIpc) is 2.63. The Balaban J connectivity index is 1.58. The third kappa shape index (κ3) is 3.83. The molecule has 1 aromatic heterocycles. The van der Waals surface area contributed by atoms with Gasteiger partial charge in [-0.05, 0) is 23.8 Å². The van der Waals surface area contributed by atoms with E-state index in [9.17, 15) is 9.59 Å². The monoisotopic (exact) mass is 327 g/mol.